The Morgan fingerprint density at radius 3 is 2.52 bits per heavy atom. The van der Waals surface area contributed by atoms with Crippen molar-refractivity contribution in [2.75, 3.05) is 5.32 Å². The molecule has 0 bridgehead atoms. The number of nitrogens with one attached hydrogen (secondary N) is 1. The van der Waals surface area contributed by atoms with Crippen LogP contribution in [0, 0.1) is 12.7 Å². The van der Waals surface area contributed by atoms with Gasteiger partial charge in [0.05, 0.1) is 5.75 Å². The van der Waals surface area contributed by atoms with Crippen molar-refractivity contribution in [3.8, 4) is 0 Å². The Bertz CT molecular complexity index is 1050. The number of rotatable bonds is 6. The van der Waals surface area contributed by atoms with Crippen LogP contribution in [-0.2, 0) is 20.4 Å². The lowest BCUT2D eigenvalue weighted by molar-refractivity contribution is -0.116. The van der Waals surface area contributed by atoms with Crippen LogP contribution in [0.15, 0.2) is 65.2 Å². The molecule has 0 saturated carbocycles. The van der Waals surface area contributed by atoms with Gasteiger partial charge in [-0.05, 0) is 30.2 Å². The maximum absolute atomic E-state index is 13.4. The third-order valence-corrected chi connectivity index (χ3v) is 5.78. The summed E-state index contributed by atoms with van der Waals surface area (Å²) in [5.41, 5.74) is 0.577. The van der Waals surface area contributed by atoms with E-state index in [4.69, 9.17) is 4.52 Å². The number of halogens is 1. The van der Waals surface area contributed by atoms with Crippen molar-refractivity contribution >= 4 is 21.6 Å². The van der Waals surface area contributed by atoms with Crippen LogP contribution in [0.3, 0.4) is 0 Å². The van der Waals surface area contributed by atoms with Gasteiger partial charge in [0.25, 0.3) is 0 Å². The number of carbonyl (C=O) groups excluding carboxylic acids is 1. The highest BCUT2D eigenvalue weighted by Crippen LogP contribution is 2.27. The molecular weight excluding hydrogens is 371 g/mol. The van der Waals surface area contributed by atoms with Crippen molar-refractivity contribution in [1.29, 1.82) is 0 Å². The molecule has 1 N–H and O–H groups in total. The molecule has 1 amide bonds. The van der Waals surface area contributed by atoms with Gasteiger partial charge in [0.1, 0.15) is 11.6 Å². The lowest BCUT2D eigenvalue weighted by Crippen LogP contribution is -2.29. The van der Waals surface area contributed by atoms with Crippen molar-refractivity contribution in [3.63, 3.8) is 0 Å². The van der Waals surface area contributed by atoms with E-state index in [9.17, 15) is 17.6 Å². The molecule has 0 aliphatic carbocycles. The number of carbonyl (C=O) groups is 1. The third-order valence-electron chi connectivity index (χ3n) is 3.84. The minimum atomic E-state index is -3.99. The van der Waals surface area contributed by atoms with Crippen molar-refractivity contribution in [2.24, 2.45) is 0 Å². The maximum atomic E-state index is 13.4. The van der Waals surface area contributed by atoms with Crippen LogP contribution in [0.25, 0.3) is 0 Å². The molecule has 1 atom stereocenters. The van der Waals surface area contributed by atoms with Crippen molar-refractivity contribution in [3.05, 3.63) is 83.4 Å². The largest absolute Gasteiger partial charge is 0.360 e. The Labute approximate surface area is 155 Å². The summed E-state index contributed by atoms with van der Waals surface area (Å²) in [4.78, 5) is 12.8. The molecule has 0 aliphatic heterocycles. The predicted molar refractivity (Wildman–Crippen MR) is 98.1 cm³/mol. The average Bonchev–Trinajstić information content (AvgIpc) is 3.00. The number of benzene rings is 2. The first kappa shape index (κ1) is 18.8. The van der Waals surface area contributed by atoms with Crippen LogP contribution in [0.4, 0.5) is 10.2 Å². The van der Waals surface area contributed by atoms with Crippen LogP contribution in [0.2, 0.25) is 0 Å². The minimum Gasteiger partial charge on any atom is -0.360 e. The quantitative estimate of drug-likeness (QED) is 0.699. The van der Waals surface area contributed by atoms with E-state index in [-0.39, 0.29) is 11.4 Å². The summed E-state index contributed by atoms with van der Waals surface area (Å²) in [6.45, 7) is 1.65. The highest BCUT2D eigenvalue weighted by atomic mass is 32.2. The highest BCUT2D eigenvalue weighted by molar-refractivity contribution is 7.91. The monoisotopic (exact) mass is 388 g/mol. The number of amides is 1. The molecule has 3 rings (SSSR count). The average molecular weight is 388 g/mol. The van der Waals surface area contributed by atoms with Gasteiger partial charge in [-0.1, -0.05) is 47.6 Å². The van der Waals surface area contributed by atoms with E-state index in [2.05, 4.69) is 10.5 Å². The Morgan fingerprint density at radius 2 is 1.89 bits per heavy atom. The zero-order valence-electron chi connectivity index (χ0n) is 14.4. The Kier molecular flexibility index (Phi) is 5.36. The van der Waals surface area contributed by atoms with Gasteiger partial charge in [-0.2, -0.15) is 0 Å². The molecule has 6 nitrogen and oxygen atoms in total. The zero-order valence-corrected chi connectivity index (χ0v) is 15.2. The van der Waals surface area contributed by atoms with Crippen LogP contribution >= 0.6 is 0 Å². The number of anilines is 1. The third kappa shape index (κ3) is 4.59. The minimum absolute atomic E-state index is 0.124. The van der Waals surface area contributed by atoms with Gasteiger partial charge in [0, 0.05) is 6.07 Å². The van der Waals surface area contributed by atoms with E-state index in [1.54, 1.807) is 37.3 Å². The molecule has 0 spiro atoms. The fraction of sp³-hybridized carbons (Fsp3) is 0.158. The van der Waals surface area contributed by atoms with Crippen molar-refractivity contribution < 1.29 is 22.1 Å². The standard InChI is InChI=1S/C19H17FN2O4S/c1-13-10-17(22-26-13)21-19(23)18(15-7-3-2-4-8-15)27(24,25)12-14-6-5-9-16(20)11-14/h2-11,18H,12H2,1H3,(H,21,22,23). The van der Waals surface area contributed by atoms with Gasteiger partial charge in [0.15, 0.2) is 20.9 Å². The van der Waals surface area contributed by atoms with Gasteiger partial charge < -0.3 is 9.84 Å². The smallest absolute Gasteiger partial charge is 0.248 e. The normalized spacial score (nSPS) is 12.5. The summed E-state index contributed by atoms with van der Waals surface area (Å²) < 4.78 is 44.4. The summed E-state index contributed by atoms with van der Waals surface area (Å²) in [6, 6.07) is 14.9. The first-order valence-electron chi connectivity index (χ1n) is 8.10. The molecule has 0 fully saturated rings. The van der Waals surface area contributed by atoms with Gasteiger partial charge >= 0.3 is 0 Å². The number of hydrogen-bond donors (Lipinski definition) is 1. The number of sulfone groups is 1. The second-order valence-electron chi connectivity index (χ2n) is 6.04. The second-order valence-corrected chi connectivity index (χ2v) is 8.13. The predicted octanol–water partition coefficient (Wildman–Crippen LogP) is 3.42. The molecule has 1 aromatic heterocycles. The summed E-state index contributed by atoms with van der Waals surface area (Å²) in [5, 5.41) is 4.65. The summed E-state index contributed by atoms with van der Waals surface area (Å²) in [6.07, 6.45) is 0. The molecule has 27 heavy (non-hydrogen) atoms. The number of aryl methyl sites for hydroxylation is 1. The number of aromatic nitrogens is 1. The van der Waals surface area contributed by atoms with E-state index in [0.717, 1.165) is 6.07 Å². The van der Waals surface area contributed by atoms with E-state index >= 15 is 0 Å². The van der Waals surface area contributed by atoms with Gasteiger partial charge in [-0.15, -0.1) is 0 Å². The van der Waals surface area contributed by atoms with Crippen molar-refractivity contribution in [2.45, 2.75) is 17.9 Å². The SMILES string of the molecule is Cc1cc(NC(=O)C(c2ccccc2)S(=O)(=O)Cc2cccc(F)c2)no1. The summed E-state index contributed by atoms with van der Waals surface area (Å²) >= 11 is 0. The summed E-state index contributed by atoms with van der Waals surface area (Å²) in [5.74, 6) is -1.17. The molecule has 0 radical (unpaired) electrons. The Balaban J connectivity index is 1.94. The Hall–Kier alpha value is -3.00. The maximum Gasteiger partial charge on any atom is 0.248 e. The molecule has 1 heterocycles. The number of hydrogen-bond acceptors (Lipinski definition) is 5. The molecule has 1 unspecified atom stereocenters. The zero-order chi connectivity index (χ0) is 19.4. The van der Waals surface area contributed by atoms with Gasteiger partial charge in [-0.3, -0.25) is 4.79 Å². The molecule has 3 aromatic rings. The fourth-order valence-electron chi connectivity index (χ4n) is 2.71. The number of nitrogens with zero attached hydrogens (tertiary/aromatic N) is 1. The molecule has 0 aliphatic rings. The molecule has 140 valence electrons. The van der Waals surface area contributed by atoms with E-state index in [1.807, 2.05) is 0 Å². The molecule has 8 heteroatoms. The fourth-order valence-corrected chi connectivity index (χ4v) is 4.48. The van der Waals surface area contributed by atoms with Crippen LogP contribution in [-0.4, -0.2) is 19.5 Å². The van der Waals surface area contributed by atoms with E-state index in [1.165, 1.54) is 24.3 Å². The van der Waals surface area contributed by atoms with Crippen LogP contribution in [0.1, 0.15) is 22.1 Å². The van der Waals surface area contributed by atoms with E-state index < -0.39 is 32.6 Å². The molecule has 2 aromatic carbocycles. The van der Waals surface area contributed by atoms with Crippen molar-refractivity contribution in [1.82, 2.24) is 5.16 Å². The molecule has 0 saturated heterocycles. The highest BCUT2D eigenvalue weighted by Gasteiger charge is 2.34. The van der Waals surface area contributed by atoms with Crippen LogP contribution < -0.4 is 5.32 Å². The van der Waals surface area contributed by atoms with Gasteiger partial charge in [-0.25, -0.2) is 12.8 Å². The Morgan fingerprint density at radius 1 is 1.15 bits per heavy atom. The lowest BCUT2D eigenvalue weighted by atomic mass is 10.1. The first-order valence-corrected chi connectivity index (χ1v) is 9.82. The molecular formula is C19H17FN2O4S. The second kappa shape index (κ2) is 7.71. The topological polar surface area (TPSA) is 89.3 Å². The summed E-state index contributed by atoms with van der Waals surface area (Å²) in [7, 11) is -3.99. The van der Waals surface area contributed by atoms with E-state index in [0.29, 0.717) is 11.3 Å². The first-order chi connectivity index (χ1) is 12.8. The van der Waals surface area contributed by atoms with Gasteiger partial charge in [0.2, 0.25) is 5.91 Å². The lowest BCUT2D eigenvalue weighted by Gasteiger charge is -2.17. The van der Waals surface area contributed by atoms with Crippen LogP contribution in [0.5, 0.6) is 0 Å².